The molecule has 1 fully saturated rings. The molecule has 3 rings (SSSR count). The molecule has 118 valence electrons. The van der Waals surface area contributed by atoms with Crippen LogP contribution in [0.4, 0.5) is 13.2 Å². The van der Waals surface area contributed by atoms with Crippen LogP contribution in [0.5, 0.6) is 5.75 Å². The van der Waals surface area contributed by atoms with Crippen LogP contribution >= 0.6 is 11.6 Å². The van der Waals surface area contributed by atoms with E-state index < -0.39 is 24.8 Å². The van der Waals surface area contributed by atoms with Crippen LogP contribution in [0.15, 0.2) is 22.7 Å². The van der Waals surface area contributed by atoms with E-state index in [9.17, 15) is 18.3 Å². The molecule has 0 amide bonds. The lowest BCUT2D eigenvalue weighted by molar-refractivity contribution is -0.173. The number of alkyl halides is 3. The zero-order chi connectivity index (χ0) is 15.9. The number of hydrogen-bond donors (Lipinski definition) is 1. The smallest absolute Gasteiger partial charge is 0.394 e. The molecule has 9 heteroatoms. The van der Waals surface area contributed by atoms with E-state index in [4.69, 9.17) is 20.9 Å². The molecular formula is C13H10ClF3N2O3. The van der Waals surface area contributed by atoms with E-state index in [1.165, 1.54) is 18.2 Å². The molecule has 0 saturated carbocycles. The molecule has 1 saturated heterocycles. The first-order chi connectivity index (χ1) is 10.3. The lowest BCUT2D eigenvalue weighted by Gasteiger charge is -2.11. The van der Waals surface area contributed by atoms with Crippen molar-refractivity contribution in [3.8, 4) is 17.1 Å². The molecule has 1 aromatic carbocycles. The normalized spacial score (nSPS) is 22.2. The average Bonchev–Trinajstić information content (AvgIpc) is 3.06. The van der Waals surface area contributed by atoms with Crippen LogP contribution in [0.25, 0.3) is 11.4 Å². The van der Waals surface area contributed by atoms with Crippen molar-refractivity contribution in [1.82, 2.24) is 10.1 Å². The molecule has 1 aromatic heterocycles. The van der Waals surface area contributed by atoms with Crippen LogP contribution in [0.2, 0.25) is 5.02 Å². The van der Waals surface area contributed by atoms with Crippen LogP contribution in [-0.2, 0) is 4.74 Å². The van der Waals surface area contributed by atoms with E-state index in [0.717, 1.165) is 0 Å². The minimum Gasteiger partial charge on any atom is -0.508 e. The predicted octanol–water partition coefficient (Wildman–Crippen LogP) is 3.74. The van der Waals surface area contributed by atoms with Crippen LogP contribution < -0.4 is 0 Å². The van der Waals surface area contributed by atoms with Crippen molar-refractivity contribution in [2.75, 3.05) is 6.61 Å². The topological polar surface area (TPSA) is 68.4 Å². The highest BCUT2D eigenvalue weighted by Crippen LogP contribution is 2.41. The first-order valence-electron chi connectivity index (χ1n) is 6.35. The average molecular weight is 335 g/mol. The third kappa shape index (κ3) is 3.02. The standard InChI is InChI=1S/C13H10ClF3N2O3/c14-8-1-6(2-9(20)4-8)11-18-12(22-19-11)10-3-7(5-21-10)13(15,16)17/h1-2,4,7,10,20H,3,5H2. The number of rotatable bonds is 2. The van der Waals surface area contributed by atoms with E-state index in [1.807, 2.05) is 0 Å². The maximum absolute atomic E-state index is 12.6. The van der Waals surface area contributed by atoms with E-state index in [1.54, 1.807) is 0 Å². The van der Waals surface area contributed by atoms with Gasteiger partial charge in [-0.1, -0.05) is 16.8 Å². The number of ether oxygens (including phenoxy) is 1. The van der Waals surface area contributed by atoms with Gasteiger partial charge in [0.25, 0.3) is 5.89 Å². The first kappa shape index (κ1) is 15.1. The van der Waals surface area contributed by atoms with E-state index in [0.29, 0.717) is 5.56 Å². The summed E-state index contributed by atoms with van der Waals surface area (Å²) >= 11 is 5.81. The summed E-state index contributed by atoms with van der Waals surface area (Å²) in [7, 11) is 0. The number of hydrogen-bond acceptors (Lipinski definition) is 5. The summed E-state index contributed by atoms with van der Waals surface area (Å²) in [4.78, 5) is 4.02. The molecule has 5 nitrogen and oxygen atoms in total. The Bertz CT molecular complexity index is 669. The Labute approximate surface area is 127 Å². The molecule has 1 aliphatic heterocycles. The van der Waals surface area contributed by atoms with Gasteiger partial charge in [0.05, 0.1) is 12.5 Å². The van der Waals surface area contributed by atoms with Crippen molar-refractivity contribution in [3.05, 3.63) is 29.1 Å². The van der Waals surface area contributed by atoms with Gasteiger partial charge in [0, 0.05) is 10.6 Å². The van der Waals surface area contributed by atoms with Crippen LogP contribution in [0, 0.1) is 5.92 Å². The van der Waals surface area contributed by atoms with Gasteiger partial charge in [-0.2, -0.15) is 18.2 Å². The van der Waals surface area contributed by atoms with Gasteiger partial charge in [-0.05, 0) is 24.6 Å². The fraction of sp³-hybridized carbons (Fsp3) is 0.385. The fourth-order valence-corrected chi connectivity index (χ4v) is 2.44. The third-order valence-corrected chi connectivity index (χ3v) is 3.54. The lowest BCUT2D eigenvalue weighted by Crippen LogP contribution is -2.22. The number of benzene rings is 1. The second-order valence-corrected chi connectivity index (χ2v) is 5.39. The molecular weight excluding hydrogens is 325 g/mol. The number of nitrogens with zero attached hydrogens (tertiary/aromatic N) is 2. The van der Waals surface area contributed by atoms with Gasteiger partial charge in [-0.15, -0.1) is 0 Å². The fourth-order valence-electron chi connectivity index (χ4n) is 2.21. The molecule has 0 bridgehead atoms. The summed E-state index contributed by atoms with van der Waals surface area (Å²) in [6.07, 6.45) is -5.46. The quantitative estimate of drug-likeness (QED) is 0.906. The molecule has 0 aliphatic carbocycles. The van der Waals surface area contributed by atoms with Crippen LogP contribution in [0.1, 0.15) is 18.4 Å². The summed E-state index contributed by atoms with van der Waals surface area (Å²) in [5, 5.41) is 13.4. The predicted molar refractivity (Wildman–Crippen MR) is 69.3 cm³/mol. The highest BCUT2D eigenvalue weighted by Gasteiger charge is 2.46. The Balaban J connectivity index is 1.80. The van der Waals surface area contributed by atoms with E-state index in [-0.39, 0.29) is 28.9 Å². The third-order valence-electron chi connectivity index (χ3n) is 3.32. The van der Waals surface area contributed by atoms with Crippen molar-refractivity contribution >= 4 is 11.6 Å². The highest BCUT2D eigenvalue weighted by molar-refractivity contribution is 6.31. The number of phenolic OH excluding ortho intramolecular Hbond substituents is 1. The van der Waals surface area contributed by atoms with Crippen molar-refractivity contribution in [2.24, 2.45) is 5.92 Å². The number of halogens is 4. The molecule has 2 heterocycles. The van der Waals surface area contributed by atoms with E-state index in [2.05, 4.69) is 10.1 Å². The number of aromatic nitrogens is 2. The van der Waals surface area contributed by atoms with Crippen molar-refractivity contribution in [3.63, 3.8) is 0 Å². The highest BCUT2D eigenvalue weighted by atomic mass is 35.5. The lowest BCUT2D eigenvalue weighted by atomic mass is 10.1. The minimum absolute atomic E-state index is 0.0267. The Kier molecular flexibility index (Phi) is 3.73. The van der Waals surface area contributed by atoms with Crippen molar-refractivity contribution in [1.29, 1.82) is 0 Å². The maximum atomic E-state index is 12.6. The Hall–Kier alpha value is -1.80. The molecule has 1 aliphatic rings. The zero-order valence-electron chi connectivity index (χ0n) is 11.0. The van der Waals surface area contributed by atoms with Gasteiger partial charge in [-0.25, -0.2) is 0 Å². The molecule has 1 N–H and O–H groups in total. The molecule has 0 radical (unpaired) electrons. The van der Waals surface area contributed by atoms with Crippen LogP contribution in [0.3, 0.4) is 0 Å². The second-order valence-electron chi connectivity index (χ2n) is 4.95. The summed E-state index contributed by atoms with van der Waals surface area (Å²) in [6, 6.07) is 4.21. The monoisotopic (exact) mass is 334 g/mol. The van der Waals surface area contributed by atoms with Gasteiger partial charge in [0.2, 0.25) is 5.82 Å². The first-order valence-corrected chi connectivity index (χ1v) is 6.72. The molecule has 0 spiro atoms. The Morgan fingerprint density at radius 1 is 1.27 bits per heavy atom. The molecule has 2 aromatic rings. The Morgan fingerprint density at radius 2 is 2.05 bits per heavy atom. The summed E-state index contributed by atoms with van der Waals surface area (Å²) in [5.41, 5.74) is 0.394. The maximum Gasteiger partial charge on any atom is 0.394 e. The van der Waals surface area contributed by atoms with E-state index >= 15 is 0 Å². The van der Waals surface area contributed by atoms with Crippen molar-refractivity contribution < 1.29 is 27.5 Å². The van der Waals surface area contributed by atoms with Gasteiger partial charge in [0.15, 0.2) is 0 Å². The van der Waals surface area contributed by atoms with Crippen molar-refractivity contribution in [2.45, 2.75) is 18.7 Å². The van der Waals surface area contributed by atoms with Gasteiger partial charge >= 0.3 is 6.18 Å². The Morgan fingerprint density at radius 3 is 2.68 bits per heavy atom. The summed E-state index contributed by atoms with van der Waals surface area (Å²) < 4.78 is 47.9. The summed E-state index contributed by atoms with van der Waals surface area (Å²) in [5.74, 6) is -1.53. The molecule has 22 heavy (non-hydrogen) atoms. The largest absolute Gasteiger partial charge is 0.508 e. The van der Waals surface area contributed by atoms with Gasteiger partial charge < -0.3 is 14.4 Å². The van der Waals surface area contributed by atoms with Gasteiger partial charge in [0.1, 0.15) is 11.9 Å². The number of aromatic hydroxyl groups is 1. The van der Waals surface area contributed by atoms with Crippen LogP contribution in [-0.4, -0.2) is 28.0 Å². The molecule has 2 unspecified atom stereocenters. The minimum atomic E-state index is -4.31. The zero-order valence-corrected chi connectivity index (χ0v) is 11.7. The molecule has 2 atom stereocenters. The second kappa shape index (κ2) is 5.44. The number of phenols is 1. The van der Waals surface area contributed by atoms with Gasteiger partial charge in [-0.3, -0.25) is 0 Å². The SMILES string of the molecule is Oc1cc(Cl)cc(-c2noc(C3CC(C(F)(F)F)CO3)n2)c1. The summed E-state index contributed by atoms with van der Waals surface area (Å²) in [6.45, 7) is -0.427.